The van der Waals surface area contributed by atoms with Crippen LogP contribution in [0.15, 0.2) is 22.8 Å². The van der Waals surface area contributed by atoms with Crippen LogP contribution in [-0.2, 0) is 11.3 Å². The number of pyridine rings is 1. The van der Waals surface area contributed by atoms with Crippen molar-refractivity contribution in [2.45, 2.75) is 26.6 Å². The lowest BCUT2D eigenvalue weighted by atomic mass is 10.4. The van der Waals surface area contributed by atoms with Crippen molar-refractivity contribution in [3.05, 3.63) is 28.5 Å². The maximum absolute atomic E-state index is 5.39. The molecule has 0 aliphatic carbocycles. The Kier molecular flexibility index (Phi) is 3.69. The van der Waals surface area contributed by atoms with Gasteiger partial charge in [-0.05, 0) is 41.9 Å². The molecule has 0 aromatic carbocycles. The van der Waals surface area contributed by atoms with E-state index in [4.69, 9.17) is 4.74 Å². The third-order valence-electron chi connectivity index (χ3n) is 1.35. The van der Waals surface area contributed by atoms with Gasteiger partial charge in [-0.2, -0.15) is 0 Å². The van der Waals surface area contributed by atoms with Gasteiger partial charge in [0.05, 0.1) is 18.4 Å². The summed E-state index contributed by atoms with van der Waals surface area (Å²) in [5.41, 5.74) is 0.965. The fraction of sp³-hybridized carbons (Fsp3) is 0.444. The van der Waals surface area contributed by atoms with E-state index in [1.807, 2.05) is 26.0 Å². The maximum atomic E-state index is 5.39. The van der Waals surface area contributed by atoms with Crippen LogP contribution in [0.4, 0.5) is 0 Å². The quantitative estimate of drug-likeness (QED) is 0.796. The fourth-order valence-corrected chi connectivity index (χ4v) is 0.978. The summed E-state index contributed by atoms with van der Waals surface area (Å²) in [6.45, 7) is 4.61. The molecule has 1 aromatic rings. The van der Waals surface area contributed by atoms with E-state index >= 15 is 0 Å². The van der Waals surface area contributed by atoms with Crippen molar-refractivity contribution in [3.8, 4) is 0 Å². The normalized spacial score (nSPS) is 10.7. The van der Waals surface area contributed by atoms with E-state index in [9.17, 15) is 0 Å². The van der Waals surface area contributed by atoms with E-state index in [1.54, 1.807) is 6.20 Å². The fourth-order valence-electron chi connectivity index (χ4n) is 0.744. The maximum Gasteiger partial charge on any atom is 0.0891 e. The van der Waals surface area contributed by atoms with Gasteiger partial charge in [-0.25, -0.2) is 0 Å². The van der Waals surface area contributed by atoms with Crippen LogP contribution in [-0.4, -0.2) is 11.1 Å². The van der Waals surface area contributed by atoms with Crippen LogP contribution in [0.1, 0.15) is 19.5 Å². The molecule has 0 N–H and O–H groups in total. The van der Waals surface area contributed by atoms with Gasteiger partial charge < -0.3 is 4.74 Å². The standard InChI is InChI=1S/C9H12BrNO/c1-7(2)12-6-9-4-3-8(10)5-11-9/h3-5,7H,6H2,1-2H3. The van der Waals surface area contributed by atoms with Gasteiger partial charge in [0.25, 0.3) is 0 Å². The Morgan fingerprint density at radius 1 is 1.50 bits per heavy atom. The van der Waals surface area contributed by atoms with E-state index < -0.39 is 0 Å². The summed E-state index contributed by atoms with van der Waals surface area (Å²) in [4.78, 5) is 4.18. The molecule has 12 heavy (non-hydrogen) atoms. The van der Waals surface area contributed by atoms with Crippen molar-refractivity contribution in [2.75, 3.05) is 0 Å². The lowest BCUT2D eigenvalue weighted by Gasteiger charge is -2.06. The largest absolute Gasteiger partial charge is 0.373 e. The van der Waals surface area contributed by atoms with E-state index in [-0.39, 0.29) is 6.10 Å². The number of hydrogen-bond acceptors (Lipinski definition) is 2. The highest BCUT2D eigenvalue weighted by molar-refractivity contribution is 9.10. The number of nitrogens with zero attached hydrogens (tertiary/aromatic N) is 1. The summed E-state index contributed by atoms with van der Waals surface area (Å²) >= 11 is 3.32. The summed E-state index contributed by atoms with van der Waals surface area (Å²) in [6.07, 6.45) is 2.04. The van der Waals surface area contributed by atoms with Gasteiger partial charge in [0.2, 0.25) is 0 Å². The second-order valence-electron chi connectivity index (χ2n) is 2.83. The second-order valence-corrected chi connectivity index (χ2v) is 3.74. The molecule has 0 spiro atoms. The third-order valence-corrected chi connectivity index (χ3v) is 1.82. The molecule has 0 saturated heterocycles. The van der Waals surface area contributed by atoms with Crippen LogP contribution in [0.2, 0.25) is 0 Å². The van der Waals surface area contributed by atoms with Gasteiger partial charge >= 0.3 is 0 Å². The van der Waals surface area contributed by atoms with Gasteiger partial charge in [0.1, 0.15) is 0 Å². The van der Waals surface area contributed by atoms with Gasteiger partial charge in [0, 0.05) is 10.7 Å². The topological polar surface area (TPSA) is 22.1 Å². The average Bonchev–Trinajstić information content (AvgIpc) is 2.03. The Morgan fingerprint density at radius 2 is 2.25 bits per heavy atom. The summed E-state index contributed by atoms with van der Waals surface area (Å²) in [5.74, 6) is 0. The van der Waals surface area contributed by atoms with Crippen molar-refractivity contribution in [1.29, 1.82) is 0 Å². The molecule has 0 amide bonds. The summed E-state index contributed by atoms with van der Waals surface area (Å²) in [7, 11) is 0. The van der Waals surface area contributed by atoms with Crippen molar-refractivity contribution in [1.82, 2.24) is 4.98 Å². The zero-order chi connectivity index (χ0) is 8.97. The number of aromatic nitrogens is 1. The predicted molar refractivity (Wildman–Crippen MR) is 51.9 cm³/mol. The molecule has 0 radical (unpaired) electrons. The number of halogens is 1. The lowest BCUT2D eigenvalue weighted by molar-refractivity contribution is 0.0636. The minimum Gasteiger partial charge on any atom is -0.373 e. The molecule has 66 valence electrons. The number of hydrogen-bond donors (Lipinski definition) is 0. The first kappa shape index (κ1) is 9.68. The monoisotopic (exact) mass is 229 g/mol. The molecular formula is C9H12BrNO. The van der Waals surface area contributed by atoms with Crippen molar-refractivity contribution in [2.24, 2.45) is 0 Å². The summed E-state index contributed by atoms with van der Waals surface area (Å²) in [6, 6.07) is 3.92. The molecule has 0 saturated carbocycles. The summed E-state index contributed by atoms with van der Waals surface area (Å²) < 4.78 is 6.39. The zero-order valence-electron chi connectivity index (χ0n) is 7.25. The highest BCUT2D eigenvalue weighted by Gasteiger charge is 1.96. The first-order chi connectivity index (χ1) is 5.68. The lowest BCUT2D eigenvalue weighted by Crippen LogP contribution is -2.03. The van der Waals surface area contributed by atoms with Gasteiger partial charge in [-0.15, -0.1) is 0 Å². The Morgan fingerprint density at radius 3 is 2.75 bits per heavy atom. The van der Waals surface area contributed by atoms with E-state index in [0.717, 1.165) is 10.2 Å². The molecule has 0 unspecified atom stereocenters. The van der Waals surface area contributed by atoms with E-state index in [1.165, 1.54) is 0 Å². The Hall–Kier alpha value is -0.410. The second kappa shape index (κ2) is 4.58. The molecule has 3 heteroatoms. The Labute approximate surface area is 81.1 Å². The predicted octanol–water partition coefficient (Wildman–Crippen LogP) is 2.77. The van der Waals surface area contributed by atoms with Crippen LogP contribution < -0.4 is 0 Å². The minimum atomic E-state index is 0.260. The van der Waals surface area contributed by atoms with E-state index in [2.05, 4.69) is 20.9 Å². The van der Waals surface area contributed by atoms with E-state index in [0.29, 0.717) is 6.61 Å². The van der Waals surface area contributed by atoms with Crippen molar-refractivity contribution in [3.63, 3.8) is 0 Å². The molecule has 0 bridgehead atoms. The Balaban J connectivity index is 2.48. The van der Waals surface area contributed by atoms with Crippen LogP contribution >= 0.6 is 15.9 Å². The van der Waals surface area contributed by atoms with Gasteiger partial charge in [-0.3, -0.25) is 4.98 Å². The first-order valence-corrected chi connectivity index (χ1v) is 4.70. The molecule has 0 atom stereocenters. The van der Waals surface area contributed by atoms with Crippen molar-refractivity contribution < 1.29 is 4.74 Å². The highest BCUT2D eigenvalue weighted by Crippen LogP contribution is 2.08. The highest BCUT2D eigenvalue weighted by atomic mass is 79.9. The molecule has 1 aromatic heterocycles. The summed E-state index contributed by atoms with van der Waals surface area (Å²) in [5, 5.41) is 0. The van der Waals surface area contributed by atoms with Gasteiger partial charge in [-0.1, -0.05) is 0 Å². The molecule has 0 aliphatic heterocycles. The zero-order valence-corrected chi connectivity index (χ0v) is 8.84. The molecule has 2 nitrogen and oxygen atoms in total. The van der Waals surface area contributed by atoms with Gasteiger partial charge in [0.15, 0.2) is 0 Å². The molecule has 0 aliphatic rings. The molecule has 1 heterocycles. The number of rotatable bonds is 3. The third kappa shape index (κ3) is 3.32. The smallest absolute Gasteiger partial charge is 0.0891 e. The van der Waals surface area contributed by atoms with Crippen LogP contribution in [0.25, 0.3) is 0 Å². The molecule has 0 fully saturated rings. The van der Waals surface area contributed by atoms with Crippen LogP contribution in [0, 0.1) is 0 Å². The number of ether oxygens (including phenoxy) is 1. The first-order valence-electron chi connectivity index (χ1n) is 3.90. The Bertz CT molecular complexity index is 233. The SMILES string of the molecule is CC(C)OCc1ccc(Br)cn1. The van der Waals surface area contributed by atoms with Crippen LogP contribution in [0.5, 0.6) is 0 Å². The molecule has 1 rings (SSSR count). The minimum absolute atomic E-state index is 0.260. The van der Waals surface area contributed by atoms with Crippen LogP contribution in [0.3, 0.4) is 0 Å². The average molecular weight is 230 g/mol. The van der Waals surface area contributed by atoms with Crippen molar-refractivity contribution >= 4 is 15.9 Å². The molecular weight excluding hydrogens is 218 g/mol.